The quantitative estimate of drug-likeness (QED) is 0.520. The summed E-state index contributed by atoms with van der Waals surface area (Å²) in [5.74, 6) is -1.90. The summed E-state index contributed by atoms with van der Waals surface area (Å²) in [4.78, 5) is 8.07. The van der Waals surface area contributed by atoms with Gasteiger partial charge in [-0.3, -0.25) is 0 Å². The van der Waals surface area contributed by atoms with Gasteiger partial charge in [0.05, 0.1) is 19.4 Å². The second-order valence-corrected chi connectivity index (χ2v) is 7.44. The van der Waals surface area contributed by atoms with E-state index in [0.717, 1.165) is 30.3 Å². The van der Waals surface area contributed by atoms with E-state index in [1.165, 1.54) is 0 Å². The van der Waals surface area contributed by atoms with E-state index < -0.39 is 23.2 Å². The molecule has 2 heterocycles. The molecule has 1 aliphatic heterocycles. The molecule has 4 rings (SSSR count). The fourth-order valence-electron chi connectivity index (χ4n) is 3.25. The first-order chi connectivity index (χ1) is 15.0. The van der Waals surface area contributed by atoms with Crippen LogP contribution in [0.2, 0.25) is 0 Å². The molecule has 0 unspecified atom stereocenters. The Kier molecular flexibility index (Phi) is 6.50. The Morgan fingerprint density at radius 1 is 1.00 bits per heavy atom. The van der Waals surface area contributed by atoms with Crippen LogP contribution in [0.3, 0.4) is 0 Å². The summed E-state index contributed by atoms with van der Waals surface area (Å²) in [7, 11) is 0. The van der Waals surface area contributed by atoms with Crippen molar-refractivity contribution in [2.45, 2.75) is 19.3 Å². The monoisotopic (exact) mass is 447 g/mol. The molecule has 0 saturated carbocycles. The summed E-state index contributed by atoms with van der Waals surface area (Å²) < 4.78 is 54.7. The molecule has 1 N–H and O–H groups in total. The molecule has 0 spiro atoms. The summed E-state index contributed by atoms with van der Waals surface area (Å²) in [5, 5.41) is 3.01. The lowest BCUT2D eigenvalue weighted by atomic mass is 10.1. The fraction of sp³-hybridized carbons (Fsp3) is 0.273. The predicted molar refractivity (Wildman–Crippen MR) is 115 cm³/mol. The zero-order chi connectivity index (χ0) is 21.8. The second kappa shape index (κ2) is 9.47. The van der Waals surface area contributed by atoms with Gasteiger partial charge in [0.2, 0.25) is 5.95 Å². The number of benzene rings is 2. The SMILES string of the molecule is Fc1cnc2nc1-c1ccc(F)c(c1F)OCCCCOc1cc(CCS)cc(c1)N2. The number of halogens is 3. The number of fused-ring (bicyclic) bond motifs is 7. The second-order valence-electron chi connectivity index (χ2n) is 7.00. The number of rotatable bonds is 2. The molecule has 0 atom stereocenters. The van der Waals surface area contributed by atoms with Gasteiger partial charge in [-0.2, -0.15) is 12.6 Å². The Morgan fingerprint density at radius 3 is 2.61 bits per heavy atom. The van der Waals surface area contributed by atoms with Gasteiger partial charge in [-0.1, -0.05) is 0 Å². The van der Waals surface area contributed by atoms with Crippen LogP contribution in [-0.2, 0) is 6.42 Å². The standard InChI is InChI=1S/C22H20F3N3O2S/c23-17-4-3-16-19(25)21(17)30-7-2-1-6-29-15-10-13(5-8-31)9-14(11-15)27-22-26-12-18(24)20(16)28-22/h3-4,9-12,31H,1-2,5-8H2,(H,26,27,28). The third kappa shape index (κ3) is 4.87. The topological polar surface area (TPSA) is 56.3 Å². The molecule has 31 heavy (non-hydrogen) atoms. The number of ether oxygens (including phenoxy) is 2. The predicted octanol–water partition coefficient (Wildman–Crippen LogP) is 5.33. The molecule has 0 aliphatic carbocycles. The molecule has 0 amide bonds. The molecule has 6 bridgehead atoms. The third-order valence-corrected chi connectivity index (χ3v) is 4.95. The molecule has 2 aromatic carbocycles. The fourth-order valence-corrected chi connectivity index (χ4v) is 3.51. The van der Waals surface area contributed by atoms with Crippen LogP contribution in [0.15, 0.2) is 36.5 Å². The Hall–Kier alpha value is -2.94. The summed E-state index contributed by atoms with van der Waals surface area (Å²) in [6.07, 6.45) is 2.81. The van der Waals surface area contributed by atoms with E-state index in [1.54, 1.807) is 6.07 Å². The highest BCUT2D eigenvalue weighted by Crippen LogP contribution is 2.33. The lowest BCUT2D eigenvalue weighted by Crippen LogP contribution is -2.07. The van der Waals surface area contributed by atoms with Crippen LogP contribution in [0.25, 0.3) is 11.3 Å². The van der Waals surface area contributed by atoms with Crippen molar-refractivity contribution in [2.24, 2.45) is 0 Å². The van der Waals surface area contributed by atoms with Gasteiger partial charge in [0.15, 0.2) is 23.2 Å². The Bertz CT molecular complexity index is 1100. The average molecular weight is 447 g/mol. The minimum Gasteiger partial charge on any atom is -0.494 e. The molecule has 1 aliphatic rings. The van der Waals surface area contributed by atoms with Crippen LogP contribution in [0.1, 0.15) is 18.4 Å². The van der Waals surface area contributed by atoms with Crippen LogP contribution < -0.4 is 14.8 Å². The largest absolute Gasteiger partial charge is 0.494 e. The molecule has 162 valence electrons. The summed E-state index contributed by atoms with van der Waals surface area (Å²) in [5.41, 5.74) is 1.13. The van der Waals surface area contributed by atoms with Crippen molar-refractivity contribution in [3.63, 3.8) is 0 Å². The minimum atomic E-state index is -1.01. The zero-order valence-corrected chi connectivity index (χ0v) is 17.4. The van der Waals surface area contributed by atoms with Crippen molar-refractivity contribution in [2.75, 3.05) is 24.3 Å². The molecule has 1 aromatic heterocycles. The Balaban J connectivity index is 1.80. The number of aromatic nitrogens is 2. The van der Waals surface area contributed by atoms with E-state index in [9.17, 15) is 13.2 Å². The van der Waals surface area contributed by atoms with Gasteiger partial charge in [0.1, 0.15) is 11.4 Å². The summed E-state index contributed by atoms with van der Waals surface area (Å²) >= 11 is 4.28. The van der Waals surface area contributed by atoms with Crippen LogP contribution >= 0.6 is 12.6 Å². The van der Waals surface area contributed by atoms with E-state index in [0.29, 0.717) is 36.6 Å². The number of nitrogens with one attached hydrogen (secondary N) is 1. The van der Waals surface area contributed by atoms with Crippen LogP contribution in [0, 0.1) is 17.5 Å². The van der Waals surface area contributed by atoms with E-state index in [4.69, 9.17) is 9.47 Å². The molecule has 9 heteroatoms. The highest BCUT2D eigenvalue weighted by atomic mass is 32.1. The van der Waals surface area contributed by atoms with Gasteiger partial charge >= 0.3 is 0 Å². The van der Waals surface area contributed by atoms with Crippen molar-refractivity contribution in [3.05, 3.63) is 59.5 Å². The average Bonchev–Trinajstić information content (AvgIpc) is 2.74. The molecule has 0 fully saturated rings. The van der Waals surface area contributed by atoms with Gasteiger partial charge in [0, 0.05) is 17.3 Å². The maximum atomic E-state index is 15.0. The van der Waals surface area contributed by atoms with Gasteiger partial charge in [-0.05, 0) is 54.8 Å². The maximum Gasteiger partial charge on any atom is 0.227 e. The van der Waals surface area contributed by atoms with Crippen LogP contribution in [0.4, 0.5) is 24.8 Å². The molecule has 3 aromatic rings. The highest BCUT2D eigenvalue weighted by molar-refractivity contribution is 7.80. The first-order valence-electron chi connectivity index (χ1n) is 9.83. The number of anilines is 2. The number of thiol groups is 1. The van der Waals surface area contributed by atoms with E-state index >= 15 is 0 Å². The number of hydrogen-bond donors (Lipinski definition) is 2. The van der Waals surface area contributed by atoms with Crippen LogP contribution in [0.5, 0.6) is 11.5 Å². The van der Waals surface area contributed by atoms with E-state index in [2.05, 4.69) is 27.9 Å². The lowest BCUT2D eigenvalue weighted by molar-refractivity contribution is 0.252. The van der Waals surface area contributed by atoms with Gasteiger partial charge in [0.25, 0.3) is 0 Å². The zero-order valence-electron chi connectivity index (χ0n) is 16.5. The number of nitrogens with zero attached hydrogens (tertiary/aromatic N) is 2. The normalized spacial score (nSPS) is 13.7. The van der Waals surface area contributed by atoms with E-state index in [-0.39, 0.29) is 23.8 Å². The first kappa shape index (κ1) is 21.3. The molecular formula is C22H20F3N3O2S. The van der Waals surface area contributed by atoms with Crippen molar-refractivity contribution in [1.82, 2.24) is 9.97 Å². The van der Waals surface area contributed by atoms with Crippen molar-refractivity contribution in [3.8, 4) is 22.8 Å². The number of aryl methyl sites for hydroxylation is 1. The first-order valence-corrected chi connectivity index (χ1v) is 10.5. The molecule has 0 saturated heterocycles. The maximum absolute atomic E-state index is 15.0. The van der Waals surface area contributed by atoms with Crippen molar-refractivity contribution < 1.29 is 22.6 Å². The third-order valence-electron chi connectivity index (χ3n) is 4.73. The van der Waals surface area contributed by atoms with Crippen molar-refractivity contribution >= 4 is 24.3 Å². The summed E-state index contributed by atoms with van der Waals surface area (Å²) in [6.45, 7) is 0.500. The lowest BCUT2D eigenvalue weighted by Gasteiger charge is -2.15. The Morgan fingerprint density at radius 2 is 1.81 bits per heavy atom. The smallest absolute Gasteiger partial charge is 0.227 e. The molecular weight excluding hydrogens is 427 g/mol. The molecule has 0 radical (unpaired) electrons. The minimum absolute atomic E-state index is 0.0589. The van der Waals surface area contributed by atoms with E-state index in [1.807, 2.05) is 12.1 Å². The Labute approximate surface area is 183 Å². The van der Waals surface area contributed by atoms with Gasteiger partial charge < -0.3 is 14.8 Å². The van der Waals surface area contributed by atoms with Crippen molar-refractivity contribution in [1.29, 1.82) is 0 Å². The number of hydrogen-bond acceptors (Lipinski definition) is 6. The summed E-state index contributed by atoms with van der Waals surface area (Å²) in [6, 6.07) is 7.76. The molecule has 5 nitrogen and oxygen atoms in total. The van der Waals surface area contributed by atoms with Gasteiger partial charge in [-0.25, -0.2) is 23.1 Å². The van der Waals surface area contributed by atoms with Crippen LogP contribution in [-0.4, -0.2) is 28.9 Å². The highest BCUT2D eigenvalue weighted by Gasteiger charge is 2.21. The van der Waals surface area contributed by atoms with Gasteiger partial charge in [-0.15, -0.1) is 0 Å².